The summed E-state index contributed by atoms with van der Waals surface area (Å²) < 4.78 is 6.52. The number of benzene rings is 1. The Morgan fingerprint density at radius 3 is 2.71 bits per heavy atom. The van der Waals surface area contributed by atoms with Crippen molar-refractivity contribution in [3.05, 3.63) is 66.1 Å². The molecular weight excluding hydrogens is 306 g/mol. The summed E-state index contributed by atoms with van der Waals surface area (Å²) in [5, 5.41) is 3.41. The van der Waals surface area contributed by atoms with E-state index in [1.165, 1.54) is 7.11 Å². The van der Waals surface area contributed by atoms with Gasteiger partial charge in [-0.05, 0) is 18.2 Å². The summed E-state index contributed by atoms with van der Waals surface area (Å²) in [7, 11) is 1.28. The molecule has 1 N–H and O–H groups in total. The third-order valence-corrected chi connectivity index (χ3v) is 3.71. The Hall–Kier alpha value is -3.15. The SMILES string of the molecule is COC(=O)CNC(=O)c1cn(Cc2ccccn2)c2ccccc12. The smallest absolute Gasteiger partial charge is 0.325 e. The van der Waals surface area contributed by atoms with Gasteiger partial charge in [0, 0.05) is 23.3 Å². The van der Waals surface area contributed by atoms with Gasteiger partial charge in [0.1, 0.15) is 6.54 Å². The molecule has 24 heavy (non-hydrogen) atoms. The van der Waals surface area contributed by atoms with Crippen LogP contribution in [0.2, 0.25) is 0 Å². The van der Waals surface area contributed by atoms with E-state index in [9.17, 15) is 9.59 Å². The van der Waals surface area contributed by atoms with E-state index in [0.29, 0.717) is 12.1 Å². The molecule has 2 heterocycles. The molecule has 1 aromatic carbocycles. The number of amides is 1. The van der Waals surface area contributed by atoms with Gasteiger partial charge in [0.05, 0.1) is 24.9 Å². The van der Waals surface area contributed by atoms with Gasteiger partial charge in [0.15, 0.2) is 0 Å². The van der Waals surface area contributed by atoms with Gasteiger partial charge in [-0.15, -0.1) is 0 Å². The third-order valence-electron chi connectivity index (χ3n) is 3.71. The second kappa shape index (κ2) is 6.95. The molecule has 0 aliphatic rings. The maximum Gasteiger partial charge on any atom is 0.325 e. The number of carbonyl (C=O) groups excluding carboxylic acids is 2. The largest absolute Gasteiger partial charge is 0.468 e. The van der Waals surface area contributed by atoms with E-state index >= 15 is 0 Å². The molecule has 6 nitrogen and oxygen atoms in total. The summed E-state index contributed by atoms with van der Waals surface area (Å²) >= 11 is 0. The van der Waals surface area contributed by atoms with E-state index in [2.05, 4.69) is 15.0 Å². The first-order valence-electron chi connectivity index (χ1n) is 7.52. The van der Waals surface area contributed by atoms with Crippen molar-refractivity contribution in [3.8, 4) is 0 Å². The van der Waals surface area contributed by atoms with Crippen molar-refractivity contribution in [1.29, 1.82) is 0 Å². The van der Waals surface area contributed by atoms with Crippen LogP contribution < -0.4 is 5.32 Å². The number of para-hydroxylation sites is 1. The van der Waals surface area contributed by atoms with E-state index in [0.717, 1.165) is 16.6 Å². The second-order valence-electron chi connectivity index (χ2n) is 5.27. The minimum absolute atomic E-state index is 0.158. The van der Waals surface area contributed by atoms with Crippen LogP contribution in [0.25, 0.3) is 10.9 Å². The number of carbonyl (C=O) groups is 2. The molecular formula is C18H17N3O3. The molecule has 3 rings (SSSR count). The lowest BCUT2D eigenvalue weighted by atomic mass is 10.1. The normalized spacial score (nSPS) is 10.5. The number of ether oxygens (including phenoxy) is 1. The Balaban J connectivity index is 1.91. The van der Waals surface area contributed by atoms with Crippen LogP contribution in [-0.2, 0) is 16.1 Å². The molecule has 0 saturated carbocycles. The number of esters is 1. The molecule has 1 amide bonds. The maximum atomic E-state index is 12.4. The van der Waals surface area contributed by atoms with Gasteiger partial charge in [-0.25, -0.2) is 0 Å². The zero-order chi connectivity index (χ0) is 16.9. The summed E-state index contributed by atoms with van der Waals surface area (Å²) in [4.78, 5) is 27.9. The van der Waals surface area contributed by atoms with Crippen LogP contribution in [0.4, 0.5) is 0 Å². The Morgan fingerprint density at radius 2 is 1.96 bits per heavy atom. The molecule has 6 heteroatoms. The van der Waals surface area contributed by atoms with E-state index in [-0.39, 0.29) is 12.5 Å². The lowest BCUT2D eigenvalue weighted by Gasteiger charge is -2.04. The Labute approximate surface area is 139 Å². The summed E-state index contributed by atoms with van der Waals surface area (Å²) in [5.41, 5.74) is 2.36. The maximum absolute atomic E-state index is 12.4. The monoisotopic (exact) mass is 323 g/mol. The second-order valence-corrected chi connectivity index (χ2v) is 5.27. The molecule has 0 atom stereocenters. The van der Waals surface area contributed by atoms with Crippen molar-refractivity contribution in [2.45, 2.75) is 6.54 Å². The van der Waals surface area contributed by atoms with Crippen molar-refractivity contribution >= 4 is 22.8 Å². The number of nitrogens with one attached hydrogen (secondary N) is 1. The van der Waals surface area contributed by atoms with Gasteiger partial charge in [-0.1, -0.05) is 24.3 Å². The lowest BCUT2D eigenvalue weighted by Crippen LogP contribution is -2.30. The topological polar surface area (TPSA) is 73.2 Å². The minimum atomic E-state index is -0.486. The highest BCUT2D eigenvalue weighted by Crippen LogP contribution is 2.22. The van der Waals surface area contributed by atoms with Crippen molar-refractivity contribution in [1.82, 2.24) is 14.9 Å². The van der Waals surface area contributed by atoms with Crippen LogP contribution >= 0.6 is 0 Å². The molecule has 0 aliphatic carbocycles. The quantitative estimate of drug-likeness (QED) is 0.729. The van der Waals surface area contributed by atoms with Crippen molar-refractivity contribution in [2.24, 2.45) is 0 Å². The van der Waals surface area contributed by atoms with E-state index in [1.807, 2.05) is 47.0 Å². The third kappa shape index (κ3) is 3.27. The number of hydrogen-bond donors (Lipinski definition) is 1. The molecule has 122 valence electrons. The van der Waals surface area contributed by atoms with Crippen LogP contribution in [0.5, 0.6) is 0 Å². The van der Waals surface area contributed by atoms with Crippen molar-refractivity contribution in [2.75, 3.05) is 13.7 Å². The zero-order valence-electron chi connectivity index (χ0n) is 13.2. The molecule has 0 saturated heterocycles. The van der Waals surface area contributed by atoms with E-state index in [4.69, 9.17) is 0 Å². The average Bonchev–Trinajstić information content (AvgIpc) is 2.99. The Bertz CT molecular complexity index is 872. The average molecular weight is 323 g/mol. The standard InChI is InChI=1S/C18H17N3O3/c1-24-17(22)10-20-18(23)15-12-21(11-13-6-4-5-9-19-13)16-8-3-2-7-14(15)16/h2-9,12H,10-11H2,1H3,(H,20,23). The first kappa shape index (κ1) is 15.7. The number of hydrogen-bond acceptors (Lipinski definition) is 4. The highest BCUT2D eigenvalue weighted by Gasteiger charge is 2.16. The fourth-order valence-corrected chi connectivity index (χ4v) is 2.54. The van der Waals surface area contributed by atoms with Gasteiger partial charge >= 0.3 is 5.97 Å². The highest BCUT2D eigenvalue weighted by molar-refractivity contribution is 6.07. The molecule has 0 spiro atoms. The number of aromatic nitrogens is 2. The molecule has 3 aromatic rings. The minimum Gasteiger partial charge on any atom is -0.468 e. The molecule has 2 aromatic heterocycles. The summed E-state index contributed by atoms with van der Waals surface area (Å²) in [6.07, 6.45) is 3.52. The van der Waals surface area contributed by atoms with Crippen LogP contribution in [-0.4, -0.2) is 35.1 Å². The predicted octanol–water partition coefficient (Wildman–Crippen LogP) is 1.99. The van der Waals surface area contributed by atoms with Gasteiger partial charge in [-0.2, -0.15) is 0 Å². The van der Waals surface area contributed by atoms with Crippen LogP contribution in [0.3, 0.4) is 0 Å². The number of fused-ring (bicyclic) bond motifs is 1. The van der Waals surface area contributed by atoms with Gasteiger partial charge in [-0.3, -0.25) is 14.6 Å². The van der Waals surface area contributed by atoms with Crippen LogP contribution in [0.1, 0.15) is 16.1 Å². The van der Waals surface area contributed by atoms with Gasteiger partial charge in [0.25, 0.3) is 5.91 Å². The zero-order valence-corrected chi connectivity index (χ0v) is 13.2. The van der Waals surface area contributed by atoms with Gasteiger partial charge in [0.2, 0.25) is 0 Å². The summed E-state index contributed by atoms with van der Waals surface area (Å²) in [6, 6.07) is 13.4. The Morgan fingerprint density at radius 1 is 1.17 bits per heavy atom. The van der Waals surface area contributed by atoms with E-state index in [1.54, 1.807) is 12.4 Å². The number of methoxy groups -OCH3 is 1. The summed E-state index contributed by atoms with van der Waals surface area (Å²) in [5.74, 6) is -0.794. The summed E-state index contributed by atoms with van der Waals surface area (Å²) in [6.45, 7) is 0.403. The first-order valence-corrected chi connectivity index (χ1v) is 7.52. The molecule has 0 fully saturated rings. The molecule has 0 aliphatic heterocycles. The highest BCUT2D eigenvalue weighted by atomic mass is 16.5. The van der Waals surface area contributed by atoms with E-state index < -0.39 is 5.97 Å². The number of nitrogens with zero attached hydrogens (tertiary/aromatic N) is 2. The van der Waals surface area contributed by atoms with Crippen molar-refractivity contribution in [3.63, 3.8) is 0 Å². The number of pyridine rings is 1. The van der Waals surface area contributed by atoms with Gasteiger partial charge < -0.3 is 14.6 Å². The first-order chi connectivity index (χ1) is 11.7. The fraction of sp³-hybridized carbons (Fsp3) is 0.167. The molecule has 0 radical (unpaired) electrons. The fourth-order valence-electron chi connectivity index (χ4n) is 2.54. The number of rotatable bonds is 5. The van der Waals surface area contributed by atoms with Crippen molar-refractivity contribution < 1.29 is 14.3 Å². The van der Waals surface area contributed by atoms with Crippen LogP contribution in [0, 0.1) is 0 Å². The predicted molar refractivity (Wildman–Crippen MR) is 89.6 cm³/mol. The Kier molecular flexibility index (Phi) is 4.56. The molecule has 0 unspecified atom stereocenters. The lowest BCUT2D eigenvalue weighted by molar-refractivity contribution is -0.139. The van der Waals surface area contributed by atoms with Crippen LogP contribution in [0.15, 0.2) is 54.9 Å². The molecule has 0 bridgehead atoms.